The zero-order valence-corrected chi connectivity index (χ0v) is 21.4. The minimum Gasteiger partial charge on any atom is -0.497 e. The molecule has 0 fully saturated rings. The van der Waals surface area contributed by atoms with Crippen molar-refractivity contribution < 1.29 is 4.74 Å². The second kappa shape index (κ2) is 10.7. The van der Waals surface area contributed by atoms with Gasteiger partial charge in [-0.2, -0.15) is 0 Å². The van der Waals surface area contributed by atoms with Crippen LogP contribution >= 0.6 is 12.2 Å². The first-order valence-corrected chi connectivity index (χ1v) is 12.1. The summed E-state index contributed by atoms with van der Waals surface area (Å²) in [4.78, 5) is 18.1. The number of thiocarbonyl (C=S) groups is 1. The number of hydrogen-bond donors (Lipinski definition) is 2. The number of pyridine rings is 1. The van der Waals surface area contributed by atoms with Gasteiger partial charge in [0.05, 0.1) is 19.7 Å². The summed E-state index contributed by atoms with van der Waals surface area (Å²) in [5, 5.41) is 5.06. The van der Waals surface area contributed by atoms with E-state index in [1.54, 1.807) is 7.11 Å². The van der Waals surface area contributed by atoms with Crippen molar-refractivity contribution in [1.82, 2.24) is 15.2 Å². The molecule has 0 aliphatic rings. The molecule has 6 heteroatoms. The second-order valence-electron chi connectivity index (χ2n) is 8.93. The highest BCUT2D eigenvalue weighted by molar-refractivity contribution is 7.80. The maximum Gasteiger partial charge on any atom is 0.253 e. The minimum absolute atomic E-state index is 0.0302. The largest absolute Gasteiger partial charge is 0.497 e. The molecule has 2 N–H and O–H groups in total. The fraction of sp³-hybridized carbons (Fsp3) is 0.241. The van der Waals surface area contributed by atoms with Crippen molar-refractivity contribution in [3.05, 3.63) is 111 Å². The predicted molar refractivity (Wildman–Crippen MR) is 147 cm³/mol. The van der Waals surface area contributed by atoms with E-state index in [0.717, 1.165) is 33.3 Å². The van der Waals surface area contributed by atoms with E-state index < -0.39 is 0 Å². The molecule has 0 amide bonds. The summed E-state index contributed by atoms with van der Waals surface area (Å²) in [5.74, 6) is 0.801. The van der Waals surface area contributed by atoms with Crippen LogP contribution in [0, 0.1) is 13.8 Å². The average Bonchev–Trinajstić information content (AvgIpc) is 2.86. The van der Waals surface area contributed by atoms with Crippen LogP contribution in [0.25, 0.3) is 10.9 Å². The lowest BCUT2D eigenvalue weighted by atomic mass is 10.0. The first-order valence-electron chi connectivity index (χ1n) is 11.7. The van der Waals surface area contributed by atoms with Crippen LogP contribution in [0.2, 0.25) is 0 Å². The highest BCUT2D eigenvalue weighted by Gasteiger charge is 2.17. The van der Waals surface area contributed by atoms with Crippen molar-refractivity contribution in [2.75, 3.05) is 7.11 Å². The van der Waals surface area contributed by atoms with Crippen molar-refractivity contribution >= 4 is 28.2 Å². The van der Waals surface area contributed by atoms with Crippen molar-refractivity contribution in [2.45, 2.75) is 39.9 Å². The molecule has 0 radical (unpaired) electrons. The van der Waals surface area contributed by atoms with E-state index in [9.17, 15) is 4.79 Å². The number of rotatable bonds is 7. The van der Waals surface area contributed by atoms with Crippen LogP contribution in [0.4, 0.5) is 0 Å². The van der Waals surface area contributed by atoms with E-state index in [1.807, 2.05) is 59.5 Å². The van der Waals surface area contributed by atoms with Crippen molar-refractivity contribution in [2.24, 2.45) is 0 Å². The van der Waals surface area contributed by atoms with E-state index in [2.05, 4.69) is 49.3 Å². The molecule has 1 heterocycles. The molecule has 3 aromatic carbocycles. The second-order valence-corrected chi connectivity index (χ2v) is 9.32. The molecular weight excluding hydrogens is 454 g/mol. The highest BCUT2D eigenvalue weighted by Crippen LogP contribution is 2.20. The van der Waals surface area contributed by atoms with Crippen LogP contribution in [0.1, 0.15) is 40.8 Å². The quantitative estimate of drug-likeness (QED) is 0.325. The maximum absolute atomic E-state index is 13.0. The fourth-order valence-corrected chi connectivity index (χ4v) is 4.40. The number of nitrogens with one attached hydrogen (secondary N) is 2. The van der Waals surface area contributed by atoms with Gasteiger partial charge < -0.3 is 19.9 Å². The van der Waals surface area contributed by atoms with Crippen LogP contribution in [0.3, 0.4) is 0 Å². The summed E-state index contributed by atoms with van der Waals surface area (Å²) < 4.78 is 5.30. The van der Waals surface area contributed by atoms with Crippen LogP contribution < -0.4 is 15.6 Å². The van der Waals surface area contributed by atoms with Crippen LogP contribution in [0.5, 0.6) is 5.75 Å². The number of methoxy groups -OCH3 is 1. The van der Waals surface area contributed by atoms with E-state index >= 15 is 0 Å². The van der Waals surface area contributed by atoms with Gasteiger partial charge in [0.2, 0.25) is 0 Å². The topological polar surface area (TPSA) is 57.4 Å². The summed E-state index contributed by atoms with van der Waals surface area (Å²) in [7, 11) is 1.65. The number of hydrogen-bond acceptors (Lipinski definition) is 3. The molecule has 0 bridgehead atoms. The summed E-state index contributed by atoms with van der Waals surface area (Å²) in [6.07, 6.45) is 0. The molecule has 5 nitrogen and oxygen atoms in total. The first kappa shape index (κ1) is 24.5. The van der Waals surface area contributed by atoms with Crippen LogP contribution in [-0.2, 0) is 13.1 Å². The normalized spacial score (nSPS) is 11.8. The SMILES string of the molecule is COc1ccc(CN(Cc2cc3cc(C)c(C)cc3[nH]c2=O)C(=S)N[C@@H](C)c2ccccc2)cc1. The van der Waals surface area contributed by atoms with Gasteiger partial charge >= 0.3 is 0 Å². The Kier molecular flexibility index (Phi) is 7.51. The molecular formula is C29H31N3O2S. The molecule has 0 spiro atoms. The van der Waals surface area contributed by atoms with Gasteiger partial charge in [-0.15, -0.1) is 0 Å². The summed E-state index contributed by atoms with van der Waals surface area (Å²) in [6.45, 7) is 7.16. The third kappa shape index (κ3) is 5.89. The fourth-order valence-electron chi connectivity index (χ4n) is 4.10. The maximum atomic E-state index is 13.0. The predicted octanol–water partition coefficient (Wildman–Crippen LogP) is 5.79. The lowest BCUT2D eigenvalue weighted by Gasteiger charge is -2.28. The number of aryl methyl sites for hydroxylation is 2. The first-order chi connectivity index (χ1) is 16.8. The Balaban J connectivity index is 1.63. The zero-order chi connectivity index (χ0) is 24.9. The van der Waals surface area contributed by atoms with Gasteiger partial charge in [-0.3, -0.25) is 4.79 Å². The average molecular weight is 486 g/mol. The summed E-state index contributed by atoms with van der Waals surface area (Å²) in [5.41, 5.74) is 5.99. The van der Waals surface area contributed by atoms with Gasteiger partial charge in [-0.05, 0) is 91.0 Å². The number of fused-ring (bicyclic) bond motifs is 1. The van der Waals surface area contributed by atoms with Crippen molar-refractivity contribution in [3.63, 3.8) is 0 Å². The number of ether oxygens (including phenoxy) is 1. The molecule has 180 valence electrons. The van der Waals surface area contributed by atoms with Gasteiger partial charge in [0, 0.05) is 17.6 Å². The Morgan fingerprint density at radius 1 is 1.00 bits per heavy atom. The molecule has 4 aromatic rings. The molecule has 35 heavy (non-hydrogen) atoms. The Morgan fingerprint density at radius 2 is 1.69 bits per heavy atom. The van der Waals surface area contributed by atoms with Crippen molar-refractivity contribution in [1.29, 1.82) is 0 Å². The third-order valence-corrected chi connectivity index (χ3v) is 6.73. The van der Waals surface area contributed by atoms with Gasteiger partial charge in [0.1, 0.15) is 5.75 Å². The Bertz CT molecular complexity index is 1380. The molecule has 0 aliphatic heterocycles. The van der Waals surface area contributed by atoms with E-state index in [-0.39, 0.29) is 11.6 Å². The number of aromatic nitrogens is 1. The van der Waals surface area contributed by atoms with E-state index in [1.165, 1.54) is 5.56 Å². The van der Waals surface area contributed by atoms with Crippen molar-refractivity contribution in [3.8, 4) is 5.75 Å². The van der Waals surface area contributed by atoms with Gasteiger partial charge in [-0.1, -0.05) is 42.5 Å². The monoisotopic (exact) mass is 485 g/mol. The zero-order valence-electron chi connectivity index (χ0n) is 20.6. The summed E-state index contributed by atoms with van der Waals surface area (Å²) >= 11 is 5.85. The number of H-pyrrole nitrogens is 1. The molecule has 0 saturated heterocycles. The molecule has 0 saturated carbocycles. The van der Waals surface area contributed by atoms with Gasteiger partial charge in [-0.25, -0.2) is 0 Å². The lowest BCUT2D eigenvalue weighted by Crippen LogP contribution is -2.41. The van der Waals surface area contributed by atoms with Gasteiger partial charge in [0.15, 0.2) is 5.11 Å². The Labute approximate surface area is 211 Å². The third-order valence-electron chi connectivity index (χ3n) is 6.36. The highest BCUT2D eigenvalue weighted by atomic mass is 32.1. The standard InChI is InChI=1S/C29H31N3O2S/c1-19-14-24-16-25(28(33)31-27(24)15-20(19)2)18-32(17-22-10-12-26(34-4)13-11-22)29(35)30-21(3)23-8-6-5-7-9-23/h5-16,21H,17-18H2,1-4H3,(H,30,35)(H,31,33)/t21-/m0/s1. The van der Waals surface area contributed by atoms with Crippen LogP contribution in [-0.4, -0.2) is 22.1 Å². The minimum atomic E-state index is -0.0978. The molecule has 0 unspecified atom stereocenters. The molecule has 0 aliphatic carbocycles. The number of aromatic amines is 1. The van der Waals surface area contributed by atoms with Crippen LogP contribution in [0.15, 0.2) is 77.6 Å². The smallest absolute Gasteiger partial charge is 0.253 e. The molecule has 1 atom stereocenters. The Morgan fingerprint density at radius 3 is 2.37 bits per heavy atom. The molecule has 4 rings (SSSR count). The Hall–Kier alpha value is -3.64. The number of nitrogens with zero attached hydrogens (tertiary/aromatic N) is 1. The van der Waals surface area contributed by atoms with E-state index in [0.29, 0.717) is 23.8 Å². The van der Waals surface area contributed by atoms with E-state index in [4.69, 9.17) is 17.0 Å². The van der Waals surface area contributed by atoms with Gasteiger partial charge in [0.25, 0.3) is 5.56 Å². The summed E-state index contributed by atoms with van der Waals surface area (Å²) in [6, 6.07) is 24.2. The lowest BCUT2D eigenvalue weighted by molar-refractivity contribution is 0.390. The molecule has 1 aromatic heterocycles. The number of benzene rings is 3.